The SMILES string of the molecule is CC[C@@H](CO[Si](c1ccccc1)(c1ccccc1)C(C)(C)C)[C@@H](O)[C@@H](C)C[C@@H](C)CO. The molecule has 0 spiro atoms. The van der Waals surface area contributed by atoms with Crippen molar-refractivity contribution in [3.05, 3.63) is 60.7 Å². The molecule has 2 aromatic carbocycles. The first kappa shape index (κ1) is 25.8. The quantitative estimate of drug-likeness (QED) is 0.500. The average molecular weight is 443 g/mol. The number of rotatable bonds is 11. The zero-order chi connectivity index (χ0) is 23.1. The van der Waals surface area contributed by atoms with E-state index in [2.05, 4.69) is 95.3 Å². The van der Waals surface area contributed by atoms with E-state index in [1.807, 2.05) is 6.92 Å². The maximum absolute atomic E-state index is 11.1. The van der Waals surface area contributed by atoms with Crippen molar-refractivity contribution in [3.8, 4) is 0 Å². The Balaban J connectivity index is 2.40. The van der Waals surface area contributed by atoms with Crippen molar-refractivity contribution in [1.29, 1.82) is 0 Å². The van der Waals surface area contributed by atoms with Gasteiger partial charge in [0.15, 0.2) is 0 Å². The van der Waals surface area contributed by atoms with Crippen LogP contribution in [0.3, 0.4) is 0 Å². The molecule has 0 saturated heterocycles. The monoisotopic (exact) mass is 442 g/mol. The van der Waals surface area contributed by atoms with Gasteiger partial charge < -0.3 is 14.6 Å². The van der Waals surface area contributed by atoms with Crippen molar-refractivity contribution in [2.75, 3.05) is 13.2 Å². The Labute approximate surface area is 190 Å². The molecule has 0 radical (unpaired) electrons. The Morgan fingerprint density at radius 3 is 1.77 bits per heavy atom. The third-order valence-corrected chi connectivity index (χ3v) is 11.6. The fourth-order valence-electron chi connectivity index (χ4n) is 4.76. The molecular formula is C27H42O3Si. The van der Waals surface area contributed by atoms with Crippen molar-refractivity contribution in [2.24, 2.45) is 17.8 Å². The van der Waals surface area contributed by atoms with E-state index in [1.54, 1.807) is 0 Å². The smallest absolute Gasteiger partial charge is 0.261 e. The average Bonchev–Trinajstić information content (AvgIpc) is 2.76. The van der Waals surface area contributed by atoms with Gasteiger partial charge in [0.2, 0.25) is 0 Å². The molecular weight excluding hydrogens is 400 g/mol. The van der Waals surface area contributed by atoms with E-state index in [0.717, 1.165) is 12.8 Å². The summed E-state index contributed by atoms with van der Waals surface area (Å²) in [7, 11) is -2.60. The Kier molecular flexibility index (Phi) is 9.50. The fraction of sp³-hybridized carbons (Fsp3) is 0.556. The van der Waals surface area contributed by atoms with E-state index in [9.17, 15) is 10.2 Å². The van der Waals surface area contributed by atoms with Crippen molar-refractivity contribution in [2.45, 2.75) is 65.5 Å². The summed E-state index contributed by atoms with van der Waals surface area (Å²) in [5, 5.41) is 23.0. The predicted octanol–water partition coefficient (Wildman–Crippen LogP) is 4.60. The minimum atomic E-state index is -2.60. The minimum absolute atomic E-state index is 0.0579. The lowest BCUT2D eigenvalue weighted by molar-refractivity contribution is 0.0194. The normalized spacial score (nSPS) is 16.5. The highest BCUT2D eigenvalue weighted by Crippen LogP contribution is 2.37. The van der Waals surface area contributed by atoms with E-state index >= 15 is 0 Å². The van der Waals surface area contributed by atoms with Crippen LogP contribution >= 0.6 is 0 Å². The summed E-state index contributed by atoms with van der Waals surface area (Å²) in [5.41, 5.74) is 0. The van der Waals surface area contributed by atoms with Crippen LogP contribution in [0.15, 0.2) is 60.7 Å². The molecule has 0 aromatic heterocycles. The Hall–Kier alpha value is -1.46. The molecule has 0 aliphatic heterocycles. The van der Waals surface area contributed by atoms with E-state index in [4.69, 9.17) is 4.43 Å². The van der Waals surface area contributed by atoms with E-state index < -0.39 is 14.4 Å². The molecule has 172 valence electrons. The summed E-state index contributed by atoms with van der Waals surface area (Å²) >= 11 is 0. The van der Waals surface area contributed by atoms with Crippen LogP contribution in [-0.4, -0.2) is 37.8 Å². The summed E-state index contributed by atoms with van der Waals surface area (Å²) in [6.45, 7) is 13.8. The highest BCUT2D eigenvalue weighted by molar-refractivity contribution is 6.99. The lowest BCUT2D eigenvalue weighted by Crippen LogP contribution is -2.67. The summed E-state index contributed by atoms with van der Waals surface area (Å²) < 4.78 is 7.05. The first-order chi connectivity index (χ1) is 14.7. The Bertz CT molecular complexity index is 718. The fourth-order valence-corrected chi connectivity index (χ4v) is 9.38. The second kappa shape index (κ2) is 11.4. The molecule has 0 bridgehead atoms. The van der Waals surface area contributed by atoms with Gasteiger partial charge in [0.05, 0.1) is 6.10 Å². The third-order valence-electron chi connectivity index (χ3n) is 6.61. The predicted molar refractivity (Wildman–Crippen MR) is 133 cm³/mol. The van der Waals surface area contributed by atoms with Gasteiger partial charge in [0.25, 0.3) is 8.32 Å². The number of hydrogen-bond donors (Lipinski definition) is 2. The van der Waals surface area contributed by atoms with Gasteiger partial charge in [-0.25, -0.2) is 0 Å². The van der Waals surface area contributed by atoms with Crippen LogP contribution in [0.1, 0.15) is 54.4 Å². The molecule has 0 aliphatic carbocycles. The third kappa shape index (κ3) is 6.07. The van der Waals surface area contributed by atoms with Gasteiger partial charge in [0.1, 0.15) is 0 Å². The van der Waals surface area contributed by atoms with Crippen LogP contribution < -0.4 is 10.4 Å². The molecule has 0 amide bonds. The molecule has 31 heavy (non-hydrogen) atoms. The minimum Gasteiger partial charge on any atom is -0.407 e. The Morgan fingerprint density at radius 2 is 1.39 bits per heavy atom. The van der Waals surface area contributed by atoms with Crippen LogP contribution in [0, 0.1) is 17.8 Å². The lowest BCUT2D eigenvalue weighted by Gasteiger charge is -2.44. The van der Waals surface area contributed by atoms with Crippen LogP contribution in [0.2, 0.25) is 5.04 Å². The molecule has 2 N–H and O–H groups in total. The maximum atomic E-state index is 11.1. The van der Waals surface area contributed by atoms with Gasteiger partial charge in [-0.1, -0.05) is 102 Å². The number of aliphatic hydroxyl groups excluding tert-OH is 2. The molecule has 4 heteroatoms. The van der Waals surface area contributed by atoms with Crippen molar-refractivity contribution in [3.63, 3.8) is 0 Å². The summed E-state index contributed by atoms with van der Waals surface area (Å²) in [4.78, 5) is 0. The van der Waals surface area contributed by atoms with Gasteiger partial charge in [-0.2, -0.15) is 0 Å². The van der Waals surface area contributed by atoms with Gasteiger partial charge in [-0.15, -0.1) is 0 Å². The molecule has 4 atom stereocenters. The van der Waals surface area contributed by atoms with Crippen molar-refractivity contribution in [1.82, 2.24) is 0 Å². The molecule has 2 rings (SSSR count). The highest BCUT2D eigenvalue weighted by atomic mass is 28.4. The van der Waals surface area contributed by atoms with Gasteiger partial charge >= 0.3 is 0 Å². The van der Waals surface area contributed by atoms with Crippen molar-refractivity contribution < 1.29 is 14.6 Å². The molecule has 0 fully saturated rings. The highest BCUT2D eigenvalue weighted by Gasteiger charge is 2.50. The molecule has 0 unspecified atom stereocenters. The van der Waals surface area contributed by atoms with Gasteiger partial charge in [0, 0.05) is 19.1 Å². The van der Waals surface area contributed by atoms with Gasteiger partial charge in [-0.3, -0.25) is 0 Å². The van der Waals surface area contributed by atoms with E-state index in [-0.39, 0.29) is 29.4 Å². The summed E-state index contributed by atoms with van der Waals surface area (Å²) in [5.74, 6) is 0.372. The molecule has 0 saturated carbocycles. The Morgan fingerprint density at radius 1 is 0.903 bits per heavy atom. The molecule has 2 aromatic rings. The number of benzene rings is 2. The lowest BCUT2D eigenvalue weighted by atomic mass is 9.85. The summed E-state index contributed by atoms with van der Waals surface area (Å²) in [6, 6.07) is 21.3. The standard InChI is InChI=1S/C27H42O3Si/c1-7-23(26(29)22(3)18-21(2)19-28)20-30-31(27(4,5)6,24-14-10-8-11-15-24)25-16-12-9-13-17-25/h8-17,21-23,26,28-29H,7,18-20H2,1-6H3/t21-,22+,23+,26+/m1/s1. The van der Waals surface area contributed by atoms with Crippen LogP contribution in [0.25, 0.3) is 0 Å². The van der Waals surface area contributed by atoms with E-state index in [1.165, 1.54) is 10.4 Å². The van der Waals surface area contributed by atoms with Crippen LogP contribution in [0.4, 0.5) is 0 Å². The number of hydrogen-bond acceptors (Lipinski definition) is 3. The van der Waals surface area contributed by atoms with Crippen LogP contribution in [-0.2, 0) is 4.43 Å². The topological polar surface area (TPSA) is 49.7 Å². The van der Waals surface area contributed by atoms with Gasteiger partial charge in [-0.05, 0) is 40.1 Å². The second-order valence-electron chi connectivity index (χ2n) is 10.1. The number of aliphatic hydroxyl groups is 2. The summed E-state index contributed by atoms with van der Waals surface area (Å²) in [6.07, 6.45) is 1.22. The van der Waals surface area contributed by atoms with Crippen molar-refractivity contribution >= 4 is 18.7 Å². The molecule has 0 aliphatic rings. The molecule has 3 nitrogen and oxygen atoms in total. The van der Waals surface area contributed by atoms with E-state index in [0.29, 0.717) is 6.61 Å². The zero-order valence-corrected chi connectivity index (χ0v) is 21.2. The first-order valence-electron chi connectivity index (χ1n) is 11.7. The largest absolute Gasteiger partial charge is 0.407 e. The maximum Gasteiger partial charge on any atom is 0.261 e. The second-order valence-corrected chi connectivity index (χ2v) is 14.4. The zero-order valence-electron chi connectivity index (χ0n) is 20.2. The first-order valence-corrected chi connectivity index (χ1v) is 13.6. The molecule has 0 heterocycles. The van der Waals surface area contributed by atoms with Crippen LogP contribution in [0.5, 0.6) is 0 Å².